The molecule has 1 heterocycles. The quantitative estimate of drug-likeness (QED) is 0.765. The highest BCUT2D eigenvalue weighted by Gasteiger charge is 2.09. The van der Waals surface area contributed by atoms with Gasteiger partial charge in [0.05, 0.1) is 15.8 Å². The summed E-state index contributed by atoms with van der Waals surface area (Å²) >= 11 is 1.52. The van der Waals surface area contributed by atoms with E-state index in [0.717, 1.165) is 20.8 Å². The highest BCUT2D eigenvalue weighted by Crippen LogP contribution is 2.31. The second kappa shape index (κ2) is 4.48. The van der Waals surface area contributed by atoms with Crippen molar-refractivity contribution < 1.29 is 9.90 Å². The van der Waals surface area contributed by atoms with E-state index in [1.807, 2.05) is 25.1 Å². The molecule has 0 aliphatic rings. The first-order chi connectivity index (χ1) is 9.13. The Morgan fingerprint density at radius 3 is 2.79 bits per heavy atom. The van der Waals surface area contributed by atoms with Gasteiger partial charge in [0.25, 0.3) is 0 Å². The van der Waals surface area contributed by atoms with E-state index in [1.54, 1.807) is 18.2 Å². The number of aromatic carboxylic acids is 1. The first-order valence-electron chi connectivity index (χ1n) is 5.84. The molecular weight excluding hydrogens is 258 g/mol. The summed E-state index contributed by atoms with van der Waals surface area (Å²) < 4.78 is 0.899. The monoisotopic (exact) mass is 269 g/mol. The molecule has 0 unspecified atom stereocenters. The van der Waals surface area contributed by atoms with Crippen molar-refractivity contribution in [3.63, 3.8) is 0 Å². The number of carboxylic acids is 1. The van der Waals surface area contributed by atoms with E-state index in [0.29, 0.717) is 5.56 Å². The van der Waals surface area contributed by atoms with Gasteiger partial charge in [-0.2, -0.15) is 0 Å². The van der Waals surface area contributed by atoms with Crippen LogP contribution in [0.4, 0.5) is 0 Å². The molecule has 2 aromatic carbocycles. The molecule has 0 atom stereocenters. The predicted octanol–water partition coefficient (Wildman–Crippen LogP) is 3.97. The van der Waals surface area contributed by atoms with Gasteiger partial charge in [-0.05, 0) is 31.2 Å². The van der Waals surface area contributed by atoms with Crippen LogP contribution in [0, 0.1) is 6.92 Å². The van der Waals surface area contributed by atoms with Crippen molar-refractivity contribution in [3.05, 3.63) is 53.6 Å². The molecule has 19 heavy (non-hydrogen) atoms. The van der Waals surface area contributed by atoms with Crippen LogP contribution < -0.4 is 0 Å². The highest BCUT2D eigenvalue weighted by molar-refractivity contribution is 7.21. The van der Waals surface area contributed by atoms with Gasteiger partial charge < -0.3 is 5.11 Å². The lowest BCUT2D eigenvalue weighted by molar-refractivity contribution is 0.0697. The molecule has 0 saturated carbocycles. The van der Waals surface area contributed by atoms with Crippen LogP contribution in [-0.2, 0) is 0 Å². The summed E-state index contributed by atoms with van der Waals surface area (Å²) in [7, 11) is 0. The van der Waals surface area contributed by atoms with Crippen molar-refractivity contribution >= 4 is 27.5 Å². The van der Waals surface area contributed by atoms with E-state index in [1.165, 1.54) is 16.9 Å². The molecule has 0 radical (unpaired) electrons. The fourth-order valence-electron chi connectivity index (χ4n) is 1.96. The maximum absolute atomic E-state index is 11.0. The lowest BCUT2D eigenvalue weighted by Crippen LogP contribution is -1.94. The molecule has 0 bridgehead atoms. The van der Waals surface area contributed by atoms with Gasteiger partial charge in [0.2, 0.25) is 0 Å². The third kappa shape index (κ3) is 2.22. The number of benzene rings is 2. The molecule has 3 aromatic rings. The van der Waals surface area contributed by atoms with Gasteiger partial charge in [0.1, 0.15) is 5.01 Å². The summed E-state index contributed by atoms with van der Waals surface area (Å²) in [5, 5.41) is 9.91. The average Bonchev–Trinajstić information content (AvgIpc) is 2.81. The molecule has 0 amide bonds. The van der Waals surface area contributed by atoms with Crippen LogP contribution >= 0.6 is 11.3 Å². The zero-order valence-corrected chi connectivity index (χ0v) is 11.1. The minimum absolute atomic E-state index is 0.298. The zero-order valence-electron chi connectivity index (χ0n) is 10.3. The number of rotatable bonds is 2. The fraction of sp³-hybridized carbons (Fsp3) is 0.0667. The van der Waals surface area contributed by atoms with Crippen molar-refractivity contribution in [2.45, 2.75) is 6.92 Å². The van der Waals surface area contributed by atoms with Gasteiger partial charge in [0.15, 0.2) is 0 Å². The standard InChI is InChI=1S/C15H11NO2S/c1-9-3-2-4-10(7-9)14-16-12-6-5-11(15(17)18)8-13(12)19-14/h2-8H,1H3,(H,17,18). The maximum Gasteiger partial charge on any atom is 0.335 e. The third-order valence-corrected chi connectivity index (χ3v) is 3.97. The van der Waals surface area contributed by atoms with E-state index >= 15 is 0 Å². The number of carboxylic acid groups (broad SMARTS) is 1. The first kappa shape index (κ1) is 11.9. The van der Waals surface area contributed by atoms with E-state index in [2.05, 4.69) is 11.1 Å². The molecule has 3 rings (SSSR count). The molecule has 0 fully saturated rings. The number of aromatic nitrogens is 1. The number of hydrogen-bond acceptors (Lipinski definition) is 3. The molecule has 1 N–H and O–H groups in total. The van der Waals surface area contributed by atoms with E-state index < -0.39 is 5.97 Å². The normalized spacial score (nSPS) is 10.8. The summed E-state index contributed by atoms with van der Waals surface area (Å²) in [4.78, 5) is 15.5. The summed E-state index contributed by atoms with van der Waals surface area (Å²) in [5.41, 5.74) is 3.39. The Morgan fingerprint density at radius 2 is 2.05 bits per heavy atom. The Bertz CT molecular complexity index is 777. The van der Waals surface area contributed by atoms with Gasteiger partial charge in [-0.3, -0.25) is 0 Å². The summed E-state index contributed by atoms with van der Waals surface area (Å²) in [5.74, 6) is -0.910. The van der Waals surface area contributed by atoms with Crippen LogP contribution in [0.25, 0.3) is 20.8 Å². The van der Waals surface area contributed by atoms with Crippen molar-refractivity contribution in [2.75, 3.05) is 0 Å². The minimum Gasteiger partial charge on any atom is -0.478 e. The summed E-state index contributed by atoms with van der Waals surface area (Å²) in [6.07, 6.45) is 0. The lowest BCUT2D eigenvalue weighted by atomic mass is 10.1. The second-order valence-corrected chi connectivity index (χ2v) is 5.41. The van der Waals surface area contributed by atoms with Crippen LogP contribution in [0.5, 0.6) is 0 Å². The molecule has 0 aliphatic heterocycles. The number of carbonyl (C=O) groups is 1. The molecular formula is C15H11NO2S. The van der Waals surface area contributed by atoms with Gasteiger partial charge >= 0.3 is 5.97 Å². The Balaban J connectivity index is 2.14. The predicted molar refractivity (Wildman–Crippen MR) is 76.8 cm³/mol. The lowest BCUT2D eigenvalue weighted by Gasteiger charge is -1.96. The SMILES string of the molecule is Cc1cccc(-c2nc3ccc(C(=O)O)cc3s2)c1. The van der Waals surface area contributed by atoms with Crippen LogP contribution in [0.2, 0.25) is 0 Å². The van der Waals surface area contributed by atoms with Crippen molar-refractivity contribution in [1.29, 1.82) is 0 Å². The number of hydrogen-bond donors (Lipinski definition) is 1. The van der Waals surface area contributed by atoms with Gasteiger partial charge in [-0.25, -0.2) is 9.78 Å². The van der Waals surface area contributed by atoms with Gasteiger partial charge in [-0.15, -0.1) is 11.3 Å². The number of fused-ring (bicyclic) bond motifs is 1. The van der Waals surface area contributed by atoms with Crippen LogP contribution in [-0.4, -0.2) is 16.1 Å². The molecule has 94 valence electrons. The smallest absolute Gasteiger partial charge is 0.335 e. The van der Waals surface area contributed by atoms with Crippen molar-refractivity contribution in [2.24, 2.45) is 0 Å². The molecule has 4 heteroatoms. The molecule has 3 nitrogen and oxygen atoms in total. The van der Waals surface area contributed by atoms with Crippen LogP contribution in [0.3, 0.4) is 0 Å². The average molecular weight is 269 g/mol. The van der Waals surface area contributed by atoms with E-state index in [9.17, 15) is 4.79 Å². The molecule has 1 aromatic heterocycles. The first-order valence-corrected chi connectivity index (χ1v) is 6.66. The Kier molecular flexibility index (Phi) is 2.80. The summed E-state index contributed by atoms with van der Waals surface area (Å²) in [6.45, 7) is 2.04. The van der Waals surface area contributed by atoms with E-state index in [-0.39, 0.29) is 0 Å². The number of aryl methyl sites for hydroxylation is 1. The Labute approximate surface area is 114 Å². The molecule has 0 saturated heterocycles. The Hall–Kier alpha value is -2.20. The van der Waals surface area contributed by atoms with E-state index in [4.69, 9.17) is 5.11 Å². The minimum atomic E-state index is -0.910. The Morgan fingerprint density at radius 1 is 1.21 bits per heavy atom. The van der Waals surface area contributed by atoms with Crippen molar-refractivity contribution in [1.82, 2.24) is 4.98 Å². The third-order valence-electron chi connectivity index (χ3n) is 2.90. The zero-order chi connectivity index (χ0) is 13.4. The highest BCUT2D eigenvalue weighted by atomic mass is 32.1. The maximum atomic E-state index is 11.0. The number of thiazole rings is 1. The van der Waals surface area contributed by atoms with Gasteiger partial charge in [-0.1, -0.05) is 23.8 Å². The van der Waals surface area contributed by atoms with Gasteiger partial charge in [0, 0.05) is 5.56 Å². The largest absolute Gasteiger partial charge is 0.478 e. The topological polar surface area (TPSA) is 50.2 Å². The molecule has 0 spiro atoms. The second-order valence-electron chi connectivity index (χ2n) is 4.38. The number of nitrogens with zero attached hydrogens (tertiary/aromatic N) is 1. The summed E-state index contributed by atoms with van der Waals surface area (Å²) in [6, 6.07) is 13.2. The van der Waals surface area contributed by atoms with Crippen LogP contribution in [0.1, 0.15) is 15.9 Å². The fourth-order valence-corrected chi connectivity index (χ4v) is 2.96. The molecule has 0 aliphatic carbocycles. The van der Waals surface area contributed by atoms with Crippen LogP contribution in [0.15, 0.2) is 42.5 Å². The van der Waals surface area contributed by atoms with Crippen molar-refractivity contribution in [3.8, 4) is 10.6 Å².